The summed E-state index contributed by atoms with van der Waals surface area (Å²) in [5.74, 6) is -0.482. The van der Waals surface area contributed by atoms with Crippen LogP contribution in [0.4, 0.5) is 11.4 Å². The van der Waals surface area contributed by atoms with Gasteiger partial charge in [-0.15, -0.1) is 0 Å². The Morgan fingerprint density at radius 2 is 1.91 bits per heavy atom. The maximum atomic E-state index is 12.0. The highest BCUT2D eigenvalue weighted by Crippen LogP contribution is 2.14. The van der Waals surface area contributed by atoms with Gasteiger partial charge >= 0.3 is 0 Å². The second-order valence-corrected chi connectivity index (χ2v) is 5.08. The summed E-state index contributed by atoms with van der Waals surface area (Å²) in [7, 11) is 0. The first-order valence-electron chi connectivity index (χ1n) is 6.59. The molecule has 22 heavy (non-hydrogen) atoms. The van der Waals surface area contributed by atoms with Gasteiger partial charge in [0.2, 0.25) is 0 Å². The zero-order valence-corrected chi connectivity index (χ0v) is 12.7. The van der Waals surface area contributed by atoms with Crippen molar-refractivity contribution in [3.05, 3.63) is 70.9 Å². The molecule has 0 heterocycles. The Hall–Kier alpha value is -2.77. The highest BCUT2D eigenvalue weighted by atomic mass is 35.5. The summed E-state index contributed by atoms with van der Waals surface area (Å²) in [6.07, 6.45) is 1.39. The van der Waals surface area contributed by atoms with Crippen molar-refractivity contribution >= 4 is 28.9 Å². The molecule has 0 aromatic heterocycles. The quantitative estimate of drug-likeness (QED) is 0.660. The Kier molecular flexibility index (Phi) is 5.18. The summed E-state index contributed by atoms with van der Waals surface area (Å²) in [6, 6.07) is 16.2. The first-order chi connectivity index (χ1) is 10.6. The standard InChI is InChI=1S/C17H14ClN3O/c1-12-3-2-4-16(9-12)20-11-13(10-19)17(22)21-15-7-5-14(18)6-8-15/h2-9,11,20H,1H3,(H,21,22)/b13-11-. The van der Waals surface area contributed by atoms with Gasteiger partial charge in [0.05, 0.1) is 0 Å². The van der Waals surface area contributed by atoms with Gasteiger partial charge < -0.3 is 10.6 Å². The van der Waals surface area contributed by atoms with Gasteiger partial charge in [0, 0.05) is 22.6 Å². The first-order valence-corrected chi connectivity index (χ1v) is 6.96. The molecule has 0 aliphatic carbocycles. The van der Waals surface area contributed by atoms with Crippen LogP contribution in [-0.4, -0.2) is 5.91 Å². The van der Waals surface area contributed by atoms with Crippen molar-refractivity contribution in [1.29, 1.82) is 5.26 Å². The Balaban J connectivity index is 2.07. The van der Waals surface area contributed by atoms with Gasteiger partial charge in [-0.05, 0) is 48.9 Å². The fourth-order valence-corrected chi connectivity index (χ4v) is 1.90. The molecule has 0 saturated carbocycles. The minimum Gasteiger partial charge on any atom is -0.360 e. The number of amides is 1. The largest absolute Gasteiger partial charge is 0.360 e. The van der Waals surface area contributed by atoms with E-state index >= 15 is 0 Å². The SMILES string of the molecule is Cc1cccc(N/C=C(/C#N)C(=O)Nc2ccc(Cl)cc2)c1. The van der Waals surface area contributed by atoms with Crippen LogP contribution in [0.25, 0.3) is 0 Å². The Bertz CT molecular complexity index is 745. The predicted octanol–water partition coefficient (Wildman–Crippen LogP) is 4.11. The van der Waals surface area contributed by atoms with Crippen molar-refractivity contribution in [3.8, 4) is 6.07 Å². The number of hydrogen-bond acceptors (Lipinski definition) is 3. The van der Waals surface area contributed by atoms with E-state index in [-0.39, 0.29) is 5.57 Å². The second-order valence-electron chi connectivity index (χ2n) is 4.64. The number of nitriles is 1. The molecular formula is C17H14ClN3O. The van der Waals surface area contributed by atoms with E-state index in [2.05, 4.69) is 10.6 Å². The van der Waals surface area contributed by atoms with E-state index in [1.807, 2.05) is 37.3 Å². The second kappa shape index (κ2) is 7.30. The van der Waals surface area contributed by atoms with Crippen LogP contribution in [0.1, 0.15) is 5.56 Å². The maximum absolute atomic E-state index is 12.0. The molecule has 2 rings (SSSR count). The molecule has 0 bridgehead atoms. The van der Waals surface area contributed by atoms with Crippen LogP contribution in [0, 0.1) is 18.3 Å². The van der Waals surface area contributed by atoms with Gasteiger partial charge in [0.25, 0.3) is 5.91 Å². The van der Waals surface area contributed by atoms with Gasteiger partial charge in [-0.25, -0.2) is 0 Å². The third-order valence-corrected chi connectivity index (χ3v) is 3.12. The van der Waals surface area contributed by atoms with Crippen LogP contribution in [0.3, 0.4) is 0 Å². The lowest BCUT2D eigenvalue weighted by atomic mass is 10.2. The monoisotopic (exact) mass is 311 g/mol. The molecule has 5 heteroatoms. The fourth-order valence-electron chi connectivity index (χ4n) is 1.77. The number of carbonyl (C=O) groups is 1. The van der Waals surface area contributed by atoms with E-state index < -0.39 is 5.91 Å². The highest BCUT2D eigenvalue weighted by molar-refractivity contribution is 6.30. The molecule has 2 aromatic carbocycles. The summed E-state index contributed by atoms with van der Waals surface area (Å²) in [4.78, 5) is 12.0. The minimum absolute atomic E-state index is 0.0172. The van der Waals surface area contributed by atoms with E-state index in [1.165, 1.54) is 6.20 Å². The highest BCUT2D eigenvalue weighted by Gasteiger charge is 2.09. The smallest absolute Gasteiger partial charge is 0.267 e. The summed E-state index contributed by atoms with van der Waals surface area (Å²) >= 11 is 5.78. The van der Waals surface area contributed by atoms with Crippen LogP contribution in [0.15, 0.2) is 60.3 Å². The van der Waals surface area contributed by atoms with E-state index in [1.54, 1.807) is 24.3 Å². The molecule has 0 aliphatic rings. The van der Waals surface area contributed by atoms with Gasteiger partial charge in [0.1, 0.15) is 11.6 Å². The van der Waals surface area contributed by atoms with Crippen LogP contribution in [0.5, 0.6) is 0 Å². The number of carbonyl (C=O) groups excluding carboxylic acids is 1. The summed E-state index contributed by atoms with van der Waals surface area (Å²) < 4.78 is 0. The lowest BCUT2D eigenvalue weighted by Crippen LogP contribution is -2.14. The number of benzene rings is 2. The molecule has 0 saturated heterocycles. The van der Waals surface area contributed by atoms with E-state index in [0.717, 1.165) is 11.3 Å². The molecule has 110 valence electrons. The molecule has 2 aromatic rings. The molecule has 0 spiro atoms. The molecular weight excluding hydrogens is 298 g/mol. The van der Waals surface area contributed by atoms with Crippen molar-refractivity contribution in [3.63, 3.8) is 0 Å². The molecule has 1 amide bonds. The molecule has 0 radical (unpaired) electrons. The number of nitrogens with one attached hydrogen (secondary N) is 2. The number of aryl methyl sites for hydroxylation is 1. The van der Waals surface area contributed by atoms with Crippen LogP contribution in [-0.2, 0) is 4.79 Å². The van der Waals surface area contributed by atoms with Gasteiger partial charge in [-0.1, -0.05) is 23.7 Å². The molecule has 2 N–H and O–H groups in total. The minimum atomic E-state index is -0.482. The lowest BCUT2D eigenvalue weighted by molar-refractivity contribution is -0.112. The van der Waals surface area contributed by atoms with Crippen molar-refractivity contribution in [2.45, 2.75) is 6.92 Å². The number of hydrogen-bond donors (Lipinski definition) is 2. The van der Waals surface area contributed by atoms with Crippen molar-refractivity contribution in [1.82, 2.24) is 0 Å². The topological polar surface area (TPSA) is 64.9 Å². The first kappa shape index (κ1) is 15.6. The van der Waals surface area contributed by atoms with Crippen molar-refractivity contribution in [2.24, 2.45) is 0 Å². The number of rotatable bonds is 4. The lowest BCUT2D eigenvalue weighted by Gasteiger charge is -2.05. The predicted molar refractivity (Wildman–Crippen MR) is 88.6 cm³/mol. The third-order valence-electron chi connectivity index (χ3n) is 2.87. The van der Waals surface area contributed by atoms with E-state index in [4.69, 9.17) is 16.9 Å². The molecule has 0 fully saturated rings. The zero-order valence-electron chi connectivity index (χ0n) is 11.9. The Morgan fingerprint density at radius 1 is 1.18 bits per heavy atom. The number of anilines is 2. The third kappa shape index (κ3) is 4.37. The molecule has 0 atom stereocenters. The van der Waals surface area contributed by atoms with E-state index in [9.17, 15) is 4.79 Å². The fraction of sp³-hybridized carbons (Fsp3) is 0.0588. The van der Waals surface area contributed by atoms with Crippen molar-refractivity contribution in [2.75, 3.05) is 10.6 Å². The Labute approximate surface area is 134 Å². The summed E-state index contributed by atoms with van der Waals surface area (Å²) in [5, 5.41) is 15.3. The number of nitrogens with zero attached hydrogens (tertiary/aromatic N) is 1. The average Bonchev–Trinajstić information content (AvgIpc) is 2.50. The molecule has 0 aliphatic heterocycles. The Morgan fingerprint density at radius 3 is 2.55 bits per heavy atom. The average molecular weight is 312 g/mol. The van der Waals surface area contributed by atoms with Gasteiger partial charge in [-0.2, -0.15) is 5.26 Å². The van der Waals surface area contributed by atoms with Gasteiger partial charge in [0.15, 0.2) is 0 Å². The number of halogens is 1. The van der Waals surface area contributed by atoms with Crippen LogP contribution < -0.4 is 10.6 Å². The maximum Gasteiger partial charge on any atom is 0.267 e. The zero-order chi connectivity index (χ0) is 15.9. The molecule has 4 nitrogen and oxygen atoms in total. The molecule has 0 unspecified atom stereocenters. The van der Waals surface area contributed by atoms with Crippen LogP contribution in [0.2, 0.25) is 5.02 Å². The van der Waals surface area contributed by atoms with Gasteiger partial charge in [-0.3, -0.25) is 4.79 Å². The normalized spacial score (nSPS) is 10.7. The van der Waals surface area contributed by atoms with Crippen LogP contribution >= 0.6 is 11.6 Å². The summed E-state index contributed by atoms with van der Waals surface area (Å²) in [5.41, 5.74) is 2.46. The van der Waals surface area contributed by atoms with E-state index in [0.29, 0.717) is 10.7 Å². The summed E-state index contributed by atoms with van der Waals surface area (Å²) in [6.45, 7) is 1.97. The van der Waals surface area contributed by atoms with Crippen molar-refractivity contribution < 1.29 is 4.79 Å².